The van der Waals surface area contributed by atoms with Crippen LogP contribution in [0.2, 0.25) is 0 Å². The van der Waals surface area contributed by atoms with Crippen molar-refractivity contribution in [1.29, 1.82) is 0 Å². The molecule has 0 spiro atoms. The first-order valence-corrected chi connectivity index (χ1v) is 6.55. The summed E-state index contributed by atoms with van der Waals surface area (Å²) in [7, 11) is 0. The lowest BCUT2D eigenvalue weighted by Crippen LogP contribution is -1.95. The van der Waals surface area contributed by atoms with E-state index < -0.39 is 5.69 Å². The average molecular weight is 218 g/mol. The number of carbonyl (C=O) groups excluding carboxylic acids is 1. The second kappa shape index (κ2) is 7.06. The minimum Gasteiger partial charge on any atom is -0.466 e. The first kappa shape index (κ1) is 13.9. The smallest absolute Gasteiger partial charge is 0.302 e. The molecule has 0 aromatic rings. The molecule has 0 aliphatic rings. The number of ether oxygens (including phenoxy) is 1. The minimum absolute atomic E-state index is 0.211. The molecule has 0 unspecified atom stereocenters. The Labute approximate surface area is 75.9 Å². The van der Waals surface area contributed by atoms with Gasteiger partial charge in [-0.25, -0.2) is 0 Å². The van der Waals surface area contributed by atoms with Crippen LogP contribution in [0.25, 0.3) is 0 Å². The van der Waals surface area contributed by atoms with Gasteiger partial charge in [-0.15, -0.1) is 0 Å². The number of carbonyl (C=O) groups is 1. The topological polar surface area (TPSA) is 66.8 Å². The van der Waals surface area contributed by atoms with Crippen molar-refractivity contribution in [2.24, 2.45) is 0 Å². The van der Waals surface area contributed by atoms with E-state index in [1.165, 1.54) is 6.92 Å². The molecule has 0 aromatic carbocycles. The summed E-state index contributed by atoms with van der Waals surface area (Å²) in [4.78, 5) is 25.6. The molecule has 0 fully saturated rings. The van der Waals surface area contributed by atoms with E-state index in [1.807, 2.05) is 0 Å². The molecule has 2 N–H and O–H groups in total. The molecule has 4 nitrogen and oxygen atoms in total. The predicted molar refractivity (Wildman–Crippen MR) is 50.0 cm³/mol. The lowest BCUT2D eigenvalue weighted by Gasteiger charge is -1.89. The summed E-state index contributed by atoms with van der Waals surface area (Å²) < 4.78 is 4.40. The van der Waals surface area contributed by atoms with Gasteiger partial charge in [0, 0.05) is 6.92 Å². The van der Waals surface area contributed by atoms with E-state index >= 15 is 0 Å². The molecule has 7 heteroatoms. The lowest BCUT2D eigenvalue weighted by molar-refractivity contribution is -0.140. The van der Waals surface area contributed by atoms with E-state index in [2.05, 4.69) is 28.8 Å². The average Bonchev–Trinajstić information content (AvgIpc) is 1.58. The van der Waals surface area contributed by atoms with Gasteiger partial charge in [-0.2, -0.15) is 0 Å². The van der Waals surface area contributed by atoms with Gasteiger partial charge < -0.3 is 14.5 Å². The molecule has 0 rings (SSSR count). The first-order valence-electron chi connectivity index (χ1n) is 2.69. The largest absolute Gasteiger partial charge is 0.466 e. The first-order chi connectivity index (χ1) is 4.77. The van der Waals surface area contributed by atoms with Gasteiger partial charge in [0.25, 0.3) is 0 Å². The maximum absolute atomic E-state index is 9.82. The van der Waals surface area contributed by atoms with Crippen LogP contribution in [0.15, 0.2) is 0 Å². The Bertz CT molecular complexity index is 146. The molecule has 68 valence electrons. The molecule has 11 heavy (non-hydrogen) atoms. The maximum atomic E-state index is 9.82. The zero-order valence-corrected chi connectivity index (χ0v) is 8.83. The van der Waals surface area contributed by atoms with Crippen molar-refractivity contribution in [3.63, 3.8) is 0 Å². The molecule has 0 bridgehead atoms. The fourth-order valence-electron chi connectivity index (χ4n) is 0.203. The predicted octanol–water partition coefficient (Wildman–Crippen LogP) is 0.695. The van der Waals surface area contributed by atoms with Crippen LogP contribution in [-0.4, -0.2) is 22.4 Å². The molecule has 0 amide bonds. The zero-order chi connectivity index (χ0) is 9.49. The normalized spacial score (nSPS) is 9.55. The molecule has 0 saturated carbocycles. The van der Waals surface area contributed by atoms with Crippen molar-refractivity contribution in [2.45, 2.75) is 13.8 Å². The van der Waals surface area contributed by atoms with Crippen LogP contribution in [0.4, 0.5) is 0 Å². The zero-order valence-electron chi connectivity index (χ0n) is 6.22. The third-order valence-electron chi connectivity index (χ3n) is 0.348. The van der Waals surface area contributed by atoms with Crippen LogP contribution < -0.4 is 0 Å². The molecule has 0 aliphatic carbocycles. The molecule has 0 aliphatic heterocycles. The molecule has 0 atom stereocenters. The molecule has 0 aromatic heterocycles. The SMILES string of the molecule is CCOC(C)=O.OP(O)(=S)S. The maximum Gasteiger partial charge on any atom is 0.302 e. The van der Waals surface area contributed by atoms with E-state index in [0.717, 1.165) is 0 Å². The highest BCUT2D eigenvalue weighted by atomic mass is 32.9. The number of thiol groups is 1. The van der Waals surface area contributed by atoms with Gasteiger partial charge in [0.05, 0.1) is 6.61 Å². The van der Waals surface area contributed by atoms with Crippen molar-refractivity contribution in [3.8, 4) is 0 Å². The van der Waals surface area contributed by atoms with Crippen LogP contribution in [0.3, 0.4) is 0 Å². The van der Waals surface area contributed by atoms with Crippen molar-refractivity contribution in [3.05, 3.63) is 0 Å². The Kier molecular flexibility index (Phi) is 8.95. The summed E-state index contributed by atoms with van der Waals surface area (Å²) in [5.74, 6) is -0.211. The highest BCUT2D eigenvalue weighted by Gasteiger charge is 1.90. The van der Waals surface area contributed by atoms with E-state index in [1.54, 1.807) is 6.92 Å². The van der Waals surface area contributed by atoms with Gasteiger partial charge in [-0.05, 0) is 18.7 Å². The van der Waals surface area contributed by atoms with E-state index in [9.17, 15) is 4.79 Å². The van der Waals surface area contributed by atoms with Crippen LogP contribution in [0, 0.1) is 0 Å². The summed E-state index contributed by atoms with van der Waals surface area (Å²) in [5.41, 5.74) is -3.11. The van der Waals surface area contributed by atoms with Gasteiger partial charge in [0.2, 0.25) is 5.69 Å². The Morgan fingerprint density at radius 1 is 1.73 bits per heavy atom. The van der Waals surface area contributed by atoms with E-state index in [-0.39, 0.29) is 5.97 Å². The van der Waals surface area contributed by atoms with Gasteiger partial charge in [0.15, 0.2) is 0 Å². The fraction of sp³-hybridized carbons (Fsp3) is 0.750. The Hall–Kier alpha value is 0.390. The van der Waals surface area contributed by atoms with Crippen LogP contribution in [-0.2, 0) is 21.3 Å². The van der Waals surface area contributed by atoms with E-state index in [0.29, 0.717) is 6.61 Å². The standard InChI is InChI=1S/C4H8O2.H3O2PS2/c1-3-6-4(2)5;1-3(2,4)5/h3H2,1-2H3;(H3,1,2,4,5). The highest BCUT2D eigenvalue weighted by Crippen LogP contribution is 2.39. The summed E-state index contributed by atoms with van der Waals surface area (Å²) in [5, 5.41) is 0. The quantitative estimate of drug-likeness (QED) is 0.343. The molecule has 0 radical (unpaired) electrons. The number of hydrogen-bond donors (Lipinski definition) is 3. The highest BCUT2D eigenvalue weighted by molar-refractivity contribution is 8.59. The van der Waals surface area contributed by atoms with Crippen molar-refractivity contribution in [1.82, 2.24) is 0 Å². The molecule has 0 saturated heterocycles. The minimum atomic E-state index is -3.11. The number of esters is 1. The van der Waals surface area contributed by atoms with Gasteiger partial charge >= 0.3 is 5.97 Å². The summed E-state index contributed by atoms with van der Waals surface area (Å²) in [6, 6.07) is 0. The van der Waals surface area contributed by atoms with Gasteiger partial charge in [-0.3, -0.25) is 4.79 Å². The van der Waals surface area contributed by atoms with E-state index in [4.69, 9.17) is 9.79 Å². The number of rotatable bonds is 1. The molecule has 0 heterocycles. The third kappa shape index (κ3) is 63.6. The summed E-state index contributed by atoms with van der Waals surface area (Å²) in [6.07, 6.45) is 0. The second-order valence-electron chi connectivity index (χ2n) is 1.44. The van der Waals surface area contributed by atoms with Crippen LogP contribution >= 0.6 is 17.9 Å². The third-order valence-corrected chi connectivity index (χ3v) is 0.348. The Balaban J connectivity index is 0. The van der Waals surface area contributed by atoms with Crippen molar-refractivity contribution >= 4 is 35.7 Å². The Morgan fingerprint density at radius 3 is 2.00 bits per heavy atom. The fourth-order valence-corrected chi connectivity index (χ4v) is 0.203. The molecular formula is C4H11O4PS2. The van der Waals surface area contributed by atoms with Crippen LogP contribution in [0.5, 0.6) is 0 Å². The summed E-state index contributed by atoms with van der Waals surface area (Å²) >= 11 is 7.07. The van der Waals surface area contributed by atoms with Gasteiger partial charge in [0.1, 0.15) is 0 Å². The second-order valence-corrected chi connectivity index (χ2v) is 6.48. The number of hydrogen-bond acceptors (Lipinski definition) is 3. The van der Waals surface area contributed by atoms with Crippen molar-refractivity contribution in [2.75, 3.05) is 6.61 Å². The van der Waals surface area contributed by atoms with Crippen LogP contribution in [0.1, 0.15) is 13.8 Å². The molecular weight excluding hydrogens is 207 g/mol. The van der Waals surface area contributed by atoms with Crippen molar-refractivity contribution < 1.29 is 19.3 Å². The summed E-state index contributed by atoms with van der Waals surface area (Å²) in [6.45, 7) is 3.65. The lowest BCUT2D eigenvalue weighted by atomic mass is 10.8. The Morgan fingerprint density at radius 2 is 2.00 bits per heavy atom. The monoisotopic (exact) mass is 218 g/mol. The van der Waals surface area contributed by atoms with Gasteiger partial charge in [-0.1, -0.05) is 12.2 Å².